The molecule has 0 aliphatic carbocycles. The number of carbonyl (C=O) groups excluding carboxylic acids is 1. The molecule has 3 N–H and O–H groups in total. The molecule has 21 nitrogen and oxygen atoms in total. The SMILES string of the molecule is CC(C)OC(=O)OCSP1(=O)OC[C@H]2O[C@@H](n3cnc4c(N)ncnc43)[C@H](F)[C@@H]2OP(=O)([O-])OC[C@H]2O[C@@H](n3ccc(=O)[nH]c3=O)[C@H](F)[C@@H]2O1. The Labute approximate surface area is 282 Å². The normalized spacial score (nSPS) is 34.8. The van der Waals surface area contributed by atoms with Gasteiger partial charge in [-0.05, 0) is 13.8 Å². The van der Waals surface area contributed by atoms with Crippen LogP contribution in [0, 0.1) is 0 Å². The molecule has 0 bridgehead atoms. The third kappa shape index (κ3) is 7.64. The van der Waals surface area contributed by atoms with Gasteiger partial charge in [0.15, 0.2) is 42.2 Å². The standard InChI is InChI=1S/C24H29F2N7O14P2S/c1-10(2)43-24(36)40-9-50-49(39)42-6-12-17(14(25)22(45-12)33-8-30-16-19(27)28-7-29-20(16)33)46-48(37,38)41-5-11-18(47-49)15(26)21(44-11)32-4-3-13(34)31-23(32)35/h3-4,7-8,10-12,14-15,17-18,21-22H,5-6,9H2,1-2H3,(H,37,38)(H2,27,28,29)(H,31,34,35)/p-1/t11-,12-,14-,15-,17-,18-,21-,22-,49?/m1/s1. The Morgan fingerprint density at radius 1 is 1.08 bits per heavy atom. The lowest BCUT2D eigenvalue weighted by molar-refractivity contribution is -0.235. The number of phosphoric ester groups is 1. The Balaban J connectivity index is 1.31. The Hall–Kier alpha value is -3.31. The molecule has 26 heteroatoms. The van der Waals surface area contributed by atoms with Crippen LogP contribution in [-0.4, -0.2) is 97.2 Å². The molecule has 2 unspecified atom stereocenters. The molecule has 0 aromatic carbocycles. The van der Waals surface area contributed by atoms with Crippen molar-refractivity contribution >= 4 is 49.1 Å². The van der Waals surface area contributed by atoms with Gasteiger partial charge in [-0.15, -0.1) is 0 Å². The summed E-state index contributed by atoms with van der Waals surface area (Å²) in [6.45, 7) is -3.59. The number of nitrogen functional groups attached to an aromatic ring is 1. The molecule has 0 spiro atoms. The van der Waals surface area contributed by atoms with E-state index in [2.05, 4.69) is 15.0 Å². The van der Waals surface area contributed by atoms with Crippen LogP contribution in [0.4, 0.5) is 19.4 Å². The van der Waals surface area contributed by atoms with Crippen LogP contribution < -0.4 is 21.9 Å². The lowest BCUT2D eigenvalue weighted by atomic mass is 10.1. The van der Waals surface area contributed by atoms with Gasteiger partial charge in [-0.25, -0.2) is 37.9 Å². The summed E-state index contributed by atoms with van der Waals surface area (Å²) in [6.07, 6.45) is -14.1. The first-order valence-electron chi connectivity index (χ1n) is 14.5. The number of alkyl halides is 2. The molecule has 50 heavy (non-hydrogen) atoms. The van der Waals surface area contributed by atoms with Crippen molar-refractivity contribution in [2.75, 3.05) is 24.9 Å². The quantitative estimate of drug-likeness (QED) is 0.201. The van der Waals surface area contributed by atoms with Crippen LogP contribution in [0.2, 0.25) is 0 Å². The Bertz CT molecular complexity index is 1950. The lowest BCUT2D eigenvalue weighted by Gasteiger charge is -2.32. The van der Waals surface area contributed by atoms with E-state index in [-0.39, 0.29) is 28.4 Å². The minimum atomic E-state index is -5.47. The summed E-state index contributed by atoms with van der Waals surface area (Å²) in [6, 6.07) is 0.894. The average molecular weight is 771 g/mol. The second-order valence-electron chi connectivity index (χ2n) is 11.1. The van der Waals surface area contributed by atoms with Crippen LogP contribution in [0.25, 0.3) is 11.2 Å². The van der Waals surface area contributed by atoms with Gasteiger partial charge < -0.3 is 38.6 Å². The molecule has 3 fully saturated rings. The number of fused-ring (bicyclic) bond motifs is 3. The van der Waals surface area contributed by atoms with Gasteiger partial charge in [0.2, 0.25) is 0 Å². The highest BCUT2D eigenvalue weighted by Gasteiger charge is 2.54. The number of aromatic nitrogens is 6. The number of nitrogens with two attached hydrogens (primary N) is 1. The van der Waals surface area contributed by atoms with Crippen molar-refractivity contribution in [2.45, 2.75) is 69.2 Å². The summed E-state index contributed by atoms with van der Waals surface area (Å²) < 4.78 is 103. The van der Waals surface area contributed by atoms with Gasteiger partial charge >= 0.3 is 18.6 Å². The van der Waals surface area contributed by atoms with E-state index in [1.54, 1.807) is 13.8 Å². The number of nitrogens with one attached hydrogen (secondary N) is 1. The molecule has 0 saturated carbocycles. The molecule has 3 aliphatic rings. The lowest BCUT2D eigenvalue weighted by Crippen LogP contribution is -2.38. The number of ether oxygens (including phenoxy) is 4. The number of aromatic amines is 1. The second-order valence-corrected chi connectivity index (χ2v) is 16.4. The van der Waals surface area contributed by atoms with Crippen LogP contribution in [-0.2, 0) is 46.2 Å². The number of phosphoric acid groups is 1. The van der Waals surface area contributed by atoms with Crippen LogP contribution in [0.15, 0.2) is 34.5 Å². The van der Waals surface area contributed by atoms with E-state index in [1.165, 1.54) is 0 Å². The molecule has 3 aromatic rings. The van der Waals surface area contributed by atoms with Gasteiger partial charge in [-0.3, -0.25) is 32.5 Å². The minimum Gasteiger partial charge on any atom is -0.756 e. The smallest absolute Gasteiger partial charge is 0.509 e. The fourth-order valence-electron chi connectivity index (χ4n) is 5.16. The first-order chi connectivity index (χ1) is 23.6. The Kier molecular flexibility index (Phi) is 10.5. The van der Waals surface area contributed by atoms with Crippen molar-refractivity contribution in [3.63, 3.8) is 0 Å². The summed E-state index contributed by atoms with van der Waals surface area (Å²) in [5, 5.41) is 0. The summed E-state index contributed by atoms with van der Waals surface area (Å²) >= 11 is 0.252. The molecule has 3 aliphatic heterocycles. The topological polar surface area (TPSA) is 273 Å². The number of H-pyrrole nitrogens is 1. The van der Waals surface area contributed by atoms with E-state index in [0.717, 1.165) is 29.5 Å². The molecule has 6 heterocycles. The molecular formula is C24H28F2N7O14P2S-. The van der Waals surface area contributed by atoms with Crippen molar-refractivity contribution < 1.29 is 64.6 Å². The summed E-state index contributed by atoms with van der Waals surface area (Å²) in [5.74, 6) is -0.762. The van der Waals surface area contributed by atoms with E-state index in [4.69, 9.17) is 42.8 Å². The van der Waals surface area contributed by atoms with Gasteiger partial charge in [0.1, 0.15) is 36.3 Å². The predicted octanol–water partition coefficient (Wildman–Crippen LogP) is 1.08. The Morgan fingerprint density at radius 2 is 1.74 bits per heavy atom. The molecular weight excluding hydrogens is 742 g/mol. The summed E-state index contributed by atoms with van der Waals surface area (Å²) in [7, 11) is -5.47. The maximum absolute atomic E-state index is 16.1. The van der Waals surface area contributed by atoms with E-state index < -0.39 is 106 Å². The monoisotopic (exact) mass is 770 g/mol. The Morgan fingerprint density at radius 3 is 2.42 bits per heavy atom. The molecule has 274 valence electrons. The molecule has 0 amide bonds. The fourth-order valence-corrected chi connectivity index (χ4v) is 8.89. The highest BCUT2D eigenvalue weighted by molar-refractivity contribution is 8.55. The number of hydrogen-bond acceptors (Lipinski definition) is 19. The molecule has 0 radical (unpaired) electrons. The van der Waals surface area contributed by atoms with Gasteiger partial charge in [-0.2, -0.15) is 0 Å². The third-order valence-electron chi connectivity index (χ3n) is 7.34. The van der Waals surface area contributed by atoms with Gasteiger partial charge in [0.05, 0.1) is 25.6 Å². The fraction of sp³-hybridized carbons (Fsp3) is 0.583. The number of anilines is 1. The number of carbonyl (C=O) groups is 1. The van der Waals surface area contributed by atoms with Crippen LogP contribution in [0.1, 0.15) is 26.3 Å². The van der Waals surface area contributed by atoms with Crippen molar-refractivity contribution in [2.24, 2.45) is 0 Å². The molecule has 3 aromatic heterocycles. The zero-order chi connectivity index (χ0) is 36.0. The van der Waals surface area contributed by atoms with Crippen molar-refractivity contribution in [3.05, 3.63) is 45.8 Å². The molecule has 10 atom stereocenters. The highest BCUT2D eigenvalue weighted by atomic mass is 32.7. The number of hydrogen-bond donors (Lipinski definition) is 2. The number of halogens is 2. The predicted molar refractivity (Wildman–Crippen MR) is 161 cm³/mol. The first-order valence-corrected chi connectivity index (χ1v) is 19.1. The first kappa shape index (κ1) is 36.5. The van der Waals surface area contributed by atoms with E-state index in [9.17, 15) is 28.4 Å². The third-order valence-corrected chi connectivity index (χ3v) is 11.6. The van der Waals surface area contributed by atoms with E-state index >= 15 is 8.78 Å². The largest absolute Gasteiger partial charge is 0.756 e. The van der Waals surface area contributed by atoms with Gasteiger partial charge in [-0.1, -0.05) is 0 Å². The zero-order valence-electron chi connectivity index (χ0n) is 25.7. The van der Waals surface area contributed by atoms with Gasteiger partial charge in [0, 0.05) is 23.6 Å². The second kappa shape index (κ2) is 14.4. The van der Waals surface area contributed by atoms with E-state index in [1.807, 2.05) is 4.98 Å². The maximum Gasteiger partial charge on any atom is 0.509 e. The number of rotatable bonds is 6. The van der Waals surface area contributed by atoms with Crippen LogP contribution in [0.5, 0.6) is 0 Å². The summed E-state index contributed by atoms with van der Waals surface area (Å²) in [5.41, 5.74) is 4.03. The zero-order valence-corrected chi connectivity index (χ0v) is 28.3. The molecule has 3 saturated heterocycles. The summed E-state index contributed by atoms with van der Waals surface area (Å²) in [4.78, 5) is 62.8. The van der Waals surface area contributed by atoms with Crippen molar-refractivity contribution in [1.29, 1.82) is 0 Å². The molecule has 6 rings (SSSR count). The average Bonchev–Trinajstić information content (AvgIpc) is 3.69. The van der Waals surface area contributed by atoms with Crippen molar-refractivity contribution in [3.8, 4) is 0 Å². The number of imidazole rings is 1. The van der Waals surface area contributed by atoms with Crippen LogP contribution in [0.3, 0.4) is 0 Å². The van der Waals surface area contributed by atoms with Crippen LogP contribution >= 0.6 is 26.0 Å². The minimum absolute atomic E-state index is 0.0232. The van der Waals surface area contributed by atoms with E-state index in [0.29, 0.717) is 4.57 Å². The van der Waals surface area contributed by atoms with Gasteiger partial charge in [0.25, 0.3) is 13.4 Å². The highest BCUT2D eigenvalue weighted by Crippen LogP contribution is 2.63. The van der Waals surface area contributed by atoms with Crippen molar-refractivity contribution in [1.82, 2.24) is 29.1 Å². The maximum atomic E-state index is 16.1. The number of nitrogens with zero attached hydrogens (tertiary/aromatic N) is 5.